The number of benzene rings is 2. The number of nitrogens with zero attached hydrogens (tertiary/aromatic N) is 1. The lowest BCUT2D eigenvalue weighted by atomic mass is 10.1. The first-order valence-corrected chi connectivity index (χ1v) is 8.53. The molecule has 1 aliphatic carbocycles. The summed E-state index contributed by atoms with van der Waals surface area (Å²) >= 11 is 0. The van der Waals surface area contributed by atoms with Crippen LogP contribution in [0.3, 0.4) is 0 Å². The molecule has 2 aromatic carbocycles. The van der Waals surface area contributed by atoms with Crippen LogP contribution in [0.5, 0.6) is 11.5 Å². The van der Waals surface area contributed by atoms with E-state index >= 15 is 0 Å². The van der Waals surface area contributed by atoms with Crippen molar-refractivity contribution in [3.05, 3.63) is 59.7 Å². The second-order valence-corrected chi connectivity index (χ2v) is 6.70. The molecule has 2 aliphatic rings. The van der Waals surface area contributed by atoms with Crippen LogP contribution >= 0.6 is 0 Å². The van der Waals surface area contributed by atoms with Crippen LogP contribution in [-0.2, 0) is 0 Å². The van der Waals surface area contributed by atoms with Crippen LogP contribution in [-0.4, -0.2) is 24.5 Å². The number of hydrogen-bond donors (Lipinski definition) is 2. The van der Waals surface area contributed by atoms with E-state index in [0.717, 1.165) is 13.0 Å². The lowest BCUT2D eigenvalue weighted by molar-refractivity contribution is 0.0928. The second-order valence-electron chi connectivity index (χ2n) is 6.70. The van der Waals surface area contributed by atoms with Crippen LogP contribution < -0.4 is 15.4 Å². The molecule has 2 aromatic rings. The van der Waals surface area contributed by atoms with Gasteiger partial charge in [-0.1, -0.05) is 6.07 Å². The highest BCUT2D eigenvalue weighted by Crippen LogP contribution is 2.31. The normalized spacial score (nSPS) is 23.9. The minimum Gasteiger partial charge on any atom is -0.457 e. The first kappa shape index (κ1) is 15.7. The van der Waals surface area contributed by atoms with Crippen molar-refractivity contribution in [3.63, 3.8) is 0 Å². The van der Waals surface area contributed by atoms with E-state index in [4.69, 9.17) is 10.00 Å². The Morgan fingerprint density at radius 1 is 1.16 bits per heavy atom. The van der Waals surface area contributed by atoms with E-state index in [1.54, 1.807) is 48.5 Å². The maximum Gasteiger partial charge on any atom is 0.251 e. The number of rotatable bonds is 4. The summed E-state index contributed by atoms with van der Waals surface area (Å²) in [6.45, 7) is 1.08. The Hall–Kier alpha value is -2.84. The van der Waals surface area contributed by atoms with Crippen LogP contribution in [0.2, 0.25) is 0 Å². The van der Waals surface area contributed by atoms with Gasteiger partial charge in [0.15, 0.2) is 0 Å². The van der Waals surface area contributed by atoms with Gasteiger partial charge in [0.25, 0.3) is 5.91 Å². The minimum atomic E-state index is -0.0441. The molecule has 5 heteroatoms. The molecule has 2 N–H and O–H groups in total. The van der Waals surface area contributed by atoms with Gasteiger partial charge in [0.1, 0.15) is 11.5 Å². The molecular formula is C20H19N3O2. The number of amides is 1. The summed E-state index contributed by atoms with van der Waals surface area (Å²) in [6.07, 6.45) is 2.24. The van der Waals surface area contributed by atoms with Crippen molar-refractivity contribution in [2.75, 3.05) is 6.54 Å². The van der Waals surface area contributed by atoms with Gasteiger partial charge < -0.3 is 15.4 Å². The fourth-order valence-electron chi connectivity index (χ4n) is 3.70. The third-order valence-electron chi connectivity index (χ3n) is 4.96. The summed E-state index contributed by atoms with van der Waals surface area (Å²) in [4.78, 5) is 12.4. The highest BCUT2D eigenvalue weighted by Gasteiger charge is 2.39. The molecule has 1 saturated heterocycles. The number of ether oxygens (including phenoxy) is 1. The Balaban J connectivity index is 1.39. The maximum atomic E-state index is 12.4. The third kappa shape index (κ3) is 3.35. The zero-order valence-corrected chi connectivity index (χ0v) is 13.7. The molecule has 3 unspecified atom stereocenters. The van der Waals surface area contributed by atoms with Gasteiger partial charge in [0.2, 0.25) is 0 Å². The number of carbonyl (C=O) groups is 1. The Morgan fingerprint density at radius 3 is 2.68 bits per heavy atom. The molecule has 0 radical (unpaired) electrons. The van der Waals surface area contributed by atoms with Gasteiger partial charge in [-0.2, -0.15) is 5.26 Å². The molecule has 1 aliphatic heterocycles. The van der Waals surface area contributed by atoms with E-state index in [-0.39, 0.29) is 11.9 Å². The molecule has 2 bridgehead atoms. The van der Waals surface area contributed by atoms with E-state index < -0.39 is 0 Å². The molecule has 4 rings (SSSR count). The number of piperidine rings is 1. The lowest BCUT2D eigenvalue weighted by Crippen LogP contribution is -2.47. The number of carbonyl (C=O) groups excluding carboxylic acids is 1. The smallest absolute Gasteiger partial charge is 0.251 e. The van der Waals surface area contributed by atoms with Crippen LogP contribution in [0.15, 0.2) is 48.5 Å². The molecule has 0 spiro atoms. The van der Waals surface area contributed by atoms with Gasteiger partial charge in [-0.15, -0.1) is 0 Å². The molecule has 5 nitrogen and oxygen atoms in total. The second kappa shape index (κ2) is 6.58. The molecule has 2 fully saturated rings. The summed E-state index contributed by atoms with van der Waals surface area (Å²) in [7, 11) is 0. The highest BCUT2D eigenvalue weighted by molar-refractivity contribution is 5.94. The highest BCUT2D eigenvalue weighted by atomic mass is 16.5. The summed E-state index contributed by atoms with van der Waals surface area (Å²) in [5, 5.41) is 15.5. The summed E-state index contributed by atoms with van der Waals surface area (Å²) in [6, 6.07) is 16.8. The van der Waals surface area contributed by atoms with Crippen LogP contribution in [0.4, 0.5) is 0 Å². The lowest BCUT2D eigenvalue weighted by Gasteiger charge is -2.24. The Kier molecular flexibility index (Phi) is 4.12. The molecule has 126 valence electrons. The van der Waals surface area contributed by atoms with Gasteiger partial charge >= 0.3 is 0 Å². The van der Waals surface area contributed by atoms with Crippen molar-refractivity contribution in [2.24, 2.45) is 5.92 Å². The first-order valence-electron chi connectivity index (χ1n) is 8.53. The van der Waals surface area contributed by atoms with Gasteiger partial charge in [-0.3, -0.25) is 4.79 Å². The van der Waals surface area contributed by atoms with E-state index in [9.17, 15) is 4.79 Å². The zero-order chi connectivity index (χ0) is 17.2. The topological polar surface area (TPSA) is 74.1 Å². The van der Waals surface area contributed by atoms with Crippen molar-refractivity contribution in [1.29, 1.82) is 5.26 Å². The predicted molar refractivity (Wildman–Crippen MR) is 93.4 cm³/mol. The van der Waals surface area contributed by atoms with E-state index in [1.165, 1.54) is 6.42 Å². The van der Waals surface area contributed by atoms with Crippen LogP contribution in [0.1, 0.15) is 28.8 Å². The van der Waals surface area contributed by atoms with Crippen LogP contribution in [0, 0.1) is 17.2 Å². The fraction of sp³-hybridized carbons (Fsp3) is 0.300. The van der Waals surface area contributed by atoms with Gasteiger partial charge in [0, 0.05) is 17.6 Å². The number of fused-ring (bicyclic) bond motifs is 2. The molecule has 1 saturated carbocycles. The molecule has 3 atom stereocenters. The standard InChI is InChI=1S/C20H19N3O2/c21-11-13-2-1-3-17(8-13)25-16-6-4-15(5-7-16)20(24)23-19-10-14-9-18(19)22-12-14/h1-8,14,18-19,22H,9-10,12H2,(H,23,24). The number of nitrogens with one attached hydrogen (secondary N) is 2. The predicted octanol–water partition coefficient (Wildman–Crippen LogP) is 2.83. The van der Waals surface area contributed by atoms with Crippen molar-refractivity contribution in [3.8, 4) is 17.6 Å². The van der Waals surface area contributed by atoms with Gasteiger partial charge in [-0.05, 0) is 67.8 Å². The summed E-state index contributed by atoms with van der Waals surface area (Å²) in [5.74, 6) is 1.89. The molecule has 0 aromatic heterocycles. The SMILES string of the molecule is N#Cc1cccc(Oc2ccc(C(=O)NC3CC4CNC3C4)cc2)c1. The average molecular weight is 333 g/mol. The molecular weight excluding hydrogens is 314 g/mol. The number of hydrogen-bond acceptors (Lipinski definition) is 4. The Bertz CT molecular complexity index is 826. The summed E-state index contributed by atoms with van der Waals surface area (Å²) in [5.41, 5.74) is 1.17. The van der Waals surface area contributed by atoms with Crippen molar-refractivity contribution in [2.45, 2.75) is 24.9 Å². The Labute approximate surface area is 146 Å². The average Bonchev–Trinajstić information content (AvgIpc) is 3.25. The zero-order valence-electron chi connectivity index (χ0n) is 13.7. The first-order chi connectivity index (χ1) is 12.2. The van der Waals surface area contributed by atoms with E-state index in [0.29, 0.717) is 34.6 Å². The summed E-state index contributed by atoms with van der Waals surface area (Å²) < 4.78 is 5.74. The van der Waals surface area contributed by atoms with E-state index in [2.05, 4.69) is 16.7 Å². The number of nitriles is 1. The van der Waals surface area contributed by atoms with Gasteiger partial charge in [-0.25, -0.2) is 0 Å². The quantitative estimate of drug-likeness (QED) is 0.902. The maximum absolute atomic E-state index is 12.4. The Morgan fingerprint density at radius 2 is 2.00 bits per heavy atom. The van der Waals surface area contributed by atoms with Crippen LogP contribution in [0.25, 0.3) is 0 Å². The van der Waals surface area contributed by atoms with E-state index in [1.807, 2.05) is 0 Å². The monoisotopic (exact) mass is 333 g/mol. The fourth-order valence-corrected chi connectivity index (χ4v) is 3.70. The van der Waals surface area contributed by atoms with Crippen molar-refractivity contribution in [1.82, 2.24) is 10.6 Å². The molecule has 1 amide bonds. The van der Waals surface area contributed by atoms with Crippen molar-refractivity contribution >= 4 is 5.91 Å². The molecule has 1 heterocycles. The molecule has 25 heavy (non-hydrogen) atoms. The largest absolute Gasteiger partial charge is 0.457 e. The van der Waals surface area contributed by atoms with Gasteiger partial charge in [0.05, 0.1) is 11.6 Å². The minimum absolute atomic E-state index is 0.0441. The third-order valence-corrected chi connectivity index (χ3v) is 4.96. The van der Waals surface area contributed by atoms with Crippen molar-refractivity contribution < 1.29 is 9.53 Å².